The molecule has 0 amide bonds. The minimum absolute atomic E-state index is 0.120. The molecule has 1 aromatic rings. The number of allylic oxidation sites excluding steroid dienone is 2. The molecule has 1 aliphatic carbocycles. The number of Topliss-reactive ketones (excluding diaryl/α,β-unsaturated/α-hetero) is 1. The first kappa shape index (κ1) is 8.44. The number of hydrogen-bond acceptors (Lipinski definition) is 2. The van der Waals surface area contributed by atoms with E-state index in [0.29, 0.717) is 0 Å². The van der Waals surface area contributed by atoms with E-state index in [1.165, 1.54) is 18.4 Å². The molecule has 1 aliphatic rings. The van der Waals surface area contributed by atoms with Gasteiger partial charge in [-0.1, -0.05) is 11.6 Å². The summed E-state index contributed by atoms with van der Waals surface area (Å²) in [5, 5.41) is -0.686. The first-order valence-electron chi connectivity index (χ1n) is 3.42. The molecular weight excluding hydrogens is 202 g/mol. The third-order valence-corrected chi connectivity index (χ3v) is 2.14. The zero-order chi connectivity index (χ0) is 9.64. The Bertz CT molecular complexity index is 392. The second-order valence-corrected chi connectivity index (χ2v) is 2.95. The maximum Gasteiger partial charge on any atom is 0.314 e. The lowest BCUT2D eigenvalue weighted by atomic mass is 10.2. The van der Waals surface area contributed by atoms with E-state index in [4.69, 9.17) is 11.6 Å². The van der Waals surface area contributed by atoms with Crippen molar-refractivity contribution >= 4 is 17.4 Å². The smallest absolute Gasteiger partial charge is 0.314 e. The van der Waals surface area contributed by atoms with Gasteiger partial charge >= 0.3 is 5.92 Å². The maximum atomic E-state index is 12.6. The summed E-state index contributed by atoms with van der Waals surface area (Å²) in [7, 11) is 0. The molecule has 5 heteroatoms. The van der Waals surface area contributed by atoms with Gasteiger partial charge in [-0.25, -0.2) is 0 Å². The van der Waals surface area contributed by atoms with Crippen molar-refractivity contribution in [3.63, 3.8) is 0 Å². The van der Waals surface area contributed by atoms with Crippen LogP contribution in [0.4, 0.5) is 8.78 Å². The Morgan fingerprint density at radius 3 is 2.54 bits per heavy atom. The molecule has 1 aromatic heterocycles. The first-order chi connectivity index (χ1) is 6.05. The van der Waals surface area contributed by atoms with Crippen LogP contribution in [0.3, 0.4) is 0 Å². The summed E-state index contributed by atoms with van der Waals surface area (Å²) in [6, 6.07) is 2.76. The zero-order valence-electron chi connectivity index (χ0n) is 6.18. The molecule has 0 radical (unpaired) electrons. The van der Waals surface area contributed by atoms with Crippen LogP contribution in [0.1, 0.15) is 10.6 Å². The van der Waals surface area contributed by atoms with Gasteiger partial charge < -0.3 is 4.42 Å². The molecule has 0 aliphatic heterocycles. The minimum atomic E-state index is -3.24. The van der Waals surface area contributed by atoms with Crippen molar-refractivity contribution < 1.29 is 18.0 Å². The molecular formula is C8H3ClF2O2. The minimum Gasteiger partial charge on any atom is -0.461 e. The van der Waals surface area contributed by atoms with E-state index in [9.17, 15) is 13.6 Å². The normalized spacial score (nSPS) is 19.0. The summed E-state index contributed by atoms with van der Waals surface area (Å²) < 4.78 is 29.8. The molecule has 0 spiro atoms. The van der Waals surface area contributed by atoms with Gasteiger partial charge in [0, 0.05) is 0 Å². The molecule has 0 atom stereocenters. The summed E-state index contributed by atoms with van der Waals surface area (Å²) in [6.45, 7) is 0. The molecule has 0 saturated carbocycles. The molecule has 0 aromatic carbocycles. The Morgan fingerprint density at radius 2 is 2.15 bits per heavy atom. The first-order valence-corrected chi connectivity index (χ1v) is 3.79. The van der Waals surface area contributed by atoms with Crippen LogP contribution in [-0.2, 0) is 0 Å². The molecule has 0 unspecified atom stereocenters. The largest absolute Gasteiger partial charge is 0.461 e. The van der Waals surface area contributed by atoms with Crippen LogP contribution < -0.4 is 0 Å². The highest BCUT2D eigenvalue weighted by Crippen LogP contribution is 2.52. The van der Waals surface area contributed by atoms with Crippen molar-refractivity contribution in [1.29, 1.82) is 0 Å². The predicted molar refractivity (Wildman–Crippen MR) is 40.9 cm³/mol. The summed E-state index contributed by atoms with van der Waals surface area (Å²) >= 11 is 5.12. The predicted octanol–water partition coefficient (Wildman–Crippen LogP) is 2.60. The van der Waals surface area contributed by atoms with Crippen molar-refractivity contribution in [1.82, 2.24) is 0 Å². The third-order valence-electron chi connectivity index (χ3n) is 1.72. The SMILES string of the molecule is O=C(C1=C(Cl)C1(F)F)c1ccco1. The lowest BCUT2D eigenvalue weighted by molar-refractivity contribution is 0.0927. The second-order valence-electron chi connectivity index (χ2n) is 2.57. The van der Waals surface area contributed by atoms with E-state index < -0.39 is 22.3 Å². The Kier molecular flexibility index (Phi) is 1.57. The maximum absolute atomic E-state index is 12.6. The van der Waals surface area contributed by atoms with Crippen LogP contribution in [-0.4, -0.2) is 11.7 Å². The van der Waals surface area contributed by atoms with Gasteiger partial charge in [-0.15, -0.1) is 0 Å². The monoisotopic (exact) mass is 204 g/mol. The van der Waals surface area contributed by atoms with Crippen LogP contribution in [0.15, 0.2) is 33.4 Å². The van der Waals surface area contributed by atoms with Crippen molar-refractivity contribution in [2.24, 2.45) is 0 Å². The summed E-state index contributed by atoms with van der Waals surface area (Å²) in [6.07, 6.45) is 1.24. The average molecular weight is 205 g/mol. The Morgan fingerprint density at radius 1 is 1.54 bits per heavy atom. The second kappa shape index (κ2) is 2.42. The quantitative estimate of drug-likeness (QED) is 0.693. The molecule has 0 fully saturated rings. The molecule has 2 rings (SSSR count). The van der Waals surface area contributed by atoms with E-state index in [-0.39, 0.29) is 5.76 Å². The molecule has 13 heavy (non-hydrogen) atoms. The third kappa shape index (κ3) is 1.09. The number of furan rings is 1. The lowest BCUT2D eigenvalue weighted by Gasteiger charge is -1.92. The molecule has 0 N–H and O–H groups in total. The van der Waals surface area contributed by atoms with Crippen molar-refractivity contribution in [3.05, 3.63) is 34.8 Å². The van der Waals surface area contributed by atoms with Crippen LogP contribution in [0, 0.1) is 0 Å². The molecule has 0 saturated heterocycles. The summed E-state index contributed by atoms with van der Waals surface area (Å²) in [4.78, 5) is 11.2. The van der Waals surface area contributed by atoms with Gasteiger partial charge in [0.15, 0.2) is 5.76 Å². The Hall–Kier alpha value is -1.16. The number of carbonyl (C=O) groups is 1. The van der Waals surface area contributed by atoms with Crippen molar-refractivity contribution in [2.45, 2.75) is 5.92 Å². The number of carbonyl (C=O) groups excluding carboxylic acids is 1. The van der Waals surface area contributed by atoms with Gasteiger partial charge in [-0.3, -0.25) is 4.79 Å². The van der Waals surface area contributed by atoms with Crippen molar-refractivity contribution in [3.8, 4) is 0 Å². The van der Waals surface area contributed by atoms with Gasteiger partial charge in [-0.2, -0.15) is 8.78 Å². The van der Waals surface area contributed by atoms with E-state index in [1.54, 1.807) is 0 Å². The van der Waals surface area contributed by atoms with Crippen molar-refractivity contribution in [2.75, 3.05) is 0 Å². The van der Waals surface area contributed by atoms with Crippen LogP contribution >= 0.6 is 11.6 Å². The number of ketones is 1. The summed E-state index contributed by atoms with van der Waals surface area (Å²) in [5.74, 6) is -4.21. The number of rotatable bonds is 2. The molecule has 1 heterocycles. The van der Waals surface area contributed by atoms with Gasteiger partial charge in [0.2, 0.25) is 5.78 Å². The summed E-state index contributed by atoms with van der Waals surface area (Å²) in [5.41, 5.74) is -0.663. The fraction of sp³-hybridized carbons (Fsp3) is 0.125. The highest BCUT2D eigenvalue weighted by molar-refractivity contribution is 6.39. The average Bonchev–Trinajstić information content (AvgIpc) is 2.57. The Labute approximate surface area is 76.8 Å². The fourth-order valence-corrected chi connectivity index (χ4v) is 1.23. The number of hydrogen-bond donors (Lipinski definition) is 0. The van der Waals surface area contributed by atoms with E-state index in [1.807, 2.05) is 0 Å². The Balaban J connectivity index is 2.27. The molecule has 0 bridgehead atoms. The van der Waals surface area contributed by atoms with Gasteiger partial charge in [0.25, 0.3) is 0 Å². The highest BCUT2D eigenvalue weighted by atomic mass is 35.5. The lowest BCUT2D eigenvalue weighted by Crippen LogP contribution is -2.04. The number of alkyl halides is 2. The topological polar surface area (TPSA) is 30.2 Å². The highest BCUT2D eigenvalue weighted by Gasteiger charge is 2.59. The van der Waals surface area contributed by atoms with Gasteiger partial charge in [0.05, 0.1) is 11.8 Å². The van der Waals surface area contributed by atoms with Crippen LogP contribution in [0.2, 0.25) is 0 Å². The zero-order valence-corrected chi connectivity index (χ0v) is 6.94. The standard InChI is InChI=1S/C8H3ClF2O2/c9-7-5(8(7,10)11)6(12)4-2-1-3-13-4/h1-3H. The van der Waals surface area contributed by atoms with Crippen LogP contribution in [0.5, 0.6) is 0 Å². The van der Waals surface area contributed by atoms with E-state index in [0.717, 1.165) is 0 Å². The molecule has 2 nitrogen and oxygen atoms in total. The molecule has 68 valence electrons. The van der Waals surface area contributed by atoms with Gasteiger partial charge in [-0.05, 0) is 12.1 Å². The number of halogens is 3. The van der Waals surface area contributed by atoms with E-state index >= 15 is 0 Å². The van der Waals surface area contributed by atoms with Crippen LogP contribution in [0.25, 0.3) is 0 Å². The van der Waals surface area contributed by atoms with E-state index in [2.05, 4.69) is 4.42 Å². The fourth-order valence-electron chi connectivity index (χ4n) is 0.982. The van der Waals surface area contributed by atoms with Gasteiger partial charge in [0.1, 0.15) is 5.03 Å².